The number of phenols is 1. The Kier molecular flexibility index (Phi) is 4.92. The molecule has 0 fully saturated rings. The largest absolute Gasteiger partial charge is 0.504 e. The lowest BCUT2D eigenvalue weighted by Crippen LogP contribution is -2.40. The van der Waals surface area contributed by atoms with Gasteiger partial charge in [-0.15, -0.1) is 0 Å². The summed E-state index contributed by atoms with van der Waals surface area (Å²) in [5, 5.41) is 10.9. The van der Waals surface area contributed by atoms with Crippen LogP contribution < -0.4 is 4.74 Å². The van der Waals surface area contributed by atoms with E-state index in [1.807, 2.05) is 18.2 Å². The van der Waals surface area contributed by atoms with Crippen LogP contribution >= 0.6 is 11.6 Å². The Labute approximate surface area is 152 Å². The molecule has 25 heavy (non-hydrogen) atoms. The molecule has 0 unspecified atom stereocenters. The summed E-state index contributed by atoms with van der Waals surface area (Å²) in [6.07, 6.45) is 0. The molecule has 0 bridgehead atoms. The van der Waals surface area contributed by atoms with E-state index in [9.17, 15) is 13.5 Å². The first-order valence-electron chi connectivity index (χ1n) is 7.71. The lowest BCUT2D eigenvalue weighted by molar-refractivity contribution is 0.277. The zero-order chi connectivity index (χ0) is 18.2. The normalized spacial score (nSPS) is 15.5. The summed E-state index contributed by atoms with van der Waals surface area (Å²) >= 11 is 6.04. The third-order valence-electron chi connectivity index (χ3n) is 4.03. The summed E-state index contributed by atoms with van der Waals surface area (Å²) in [7, 11) is -0.603. The molecule has 0 saturated heterocycles. The van der Waals surface area contributed by atoms with Crippen LogP contribution in [-0.4, -0.2) is 49.4 Å². The van der Waals surface area contributed by atoms with Crippen molar-refractivity contribution in [1.29, 1.82) is 0 Å². The highest BCUT2D eigenvalue weighted by Crippen LogP contribution is 2.38. The molecule has 1 N–H and O–H groups in total. The molecule has 0 radical (unpaired) electrons. The van der Waals surface area contributed by atoms with Gasteiger partial charge in [0.25, 0.3) is 10.2 Å². The molecule has 0 amide bonds. The molecular weight excluding hydrogens is 364 g/mol. The monoisotopic (exact) mass is 382 g/mol. The van der Waals surface area contributed by atoms with Gasteiger partial charge in [0.2, 0.25) is 0 Å². The van der Waals surface area contributed by atoms with E-state index in [4.69, 9.17) is 16.3 Å². The Morgan fingerprint density at radius 2 is 1.96 bits per heavy atom. The van der Waals surface area contributed by atoms with Crippen molar-refractivity contribution in [2.45, 2.75) is 6.54 Å². The van der Waals surface area contributed by atoms with Gasteiger partial charge < -0.3 is 9.84 Å². The second-order valence-electron chi connectivity index (χ2n) is 5.97. The van der Waals surface area contributed by atoms with E-state index in [-0.39, 0.29) is 25.4 Å². The van der Waals surface area contributed by atoms with Gasteiger partial charge in [-0.3, -0.25) is 0 Å². The molecule has 1 aliphatic heterocycles. The van der Waals surface area contributed by atoms with E-state index in [2.05, 4.69) is 0 Å². The average Bonchev–Trinajstić information content (AvgIpc) is 2.78. The number of hydrogen-bond donors (Lipinski definition) is 1. The standard InChI is InChI=1S/C17H19ClN2O4S/c1-19(2)25(22,23)20-6-7-24-17-14(11-20)8-13(10-16(17)21)12-4-3-5-15(18)9-12/h3-5,8-10,21H,6-7,11H2,1-2H3. The summed E-state index contributed by atoms with van der Waals surface area (Å²) < 4.78 is 33.0. The molecule has 0 atom stereocenters. The summed E-state index contributed by atoms with van der Waals surface area (Å²) in [6.45, 7) is 0.503. The van der Waals surface area contributed by atoms with E-state index in [0.717, 1.165) is 11.1 Å². The number of aromatic hydroxyl groups is 1. The summed E-state index contributed by atoms with van der Waals surface area (Å²) in [5.41, 5.74) is 2.18. The molecule has 0 aliphatic carbocycles. The molecule has 1 aliphatic rings. The maximum Gasteiger partial charge on any atom is 0.281 e. The quantitative estimate of drug-likeness (QED) is 0.886. The number of nitrogens with zero attached hydrogens (tertiary/aromatic N) is 2. The fourth-order valence-electron chi connectivity index (χ4n) is 2.74. The van der Waals surface area contributed by atoms with Crippen molar-refractivity contribution in [3.8, 4) is 22.6 Å². The number of phenolic OH excluding ortho intramolecular Hbond substituents is 1. The predicted molar refractivity (Wildman–Crippen MR) is 97.1 cm³/mol. The van der Waals surface area contributed by atoms with Crippen LogP contribution in [0, 0.1) is 0 Å². The fourth-order valence-corrected chi connectivity index (χ4v) is 4.00. The third-order valence-corrected chi connectivity index (χ3v) is 6.15. The average molecular weight is 383 g/mol. The summed E-state index contributed by atoms with van der Waals surface area (Å²) in [5.74, 6) is 0.304. The molecule has 1 heterocycles. The summed E-state index contributed by atoms with van der Waals surface area (Å²) in [4.78, 5) is 0. The molecule has 8 heteroatoms. The zero-order valence-electron chi connectivity index (χ0n) is 13.9. The maximum absolute atomic E-state index is 12.4. The number of ether oxygens (including phenoxy) is 1. The van der Waals surface area contributed by atoms with Gasteiger partial charge in [0.05, 0.1) is 0 Å². The van der Waals surface area contributed by atoms with Gasteiger partial charge in [0, 0.05) is 37.8 Å². The van der Waals surface area contributed by atoms with E-state index in [1.165, 1.54) is 22.7 Å². The molecule has 6 nitrogen and oxygen atoms in total. The van der Waals surface area contributed by atoms with Crippen molar-refractivity contribution in [2.24, 2.45) is 0 Å². The van der Waals surface area contributed by atoms with Crippen molar-refractivity contribution >= 4 is 21.8 Å². The minimum Gasteiger partial charge on any atom is -0.504 e. The molecule has 3 rings (SSSR count). The Balaban J connectivity index is 2.05. The van der Waals surface area contributed by atoms with Crippen LogP contribution in [0.3, 0.4) is 0 Å². The van der Waals surface area contributed by atoms with Crippen LogP contribution in [-0.2, 0) is 16.8 Å². The molecule has 2 aromatic rings. The molecule has 0 aromatic heterocycles. The lowest BCUT2D eigenvalue weighted by Gasteiger charge is -2.23. The molecule has 0 spiro atoms. The van der Waals surface area contributed by atoms with Crippen LogP contribution in [0.15, 0.2) is 36.4 Å². The number of fused-ring (bicyclic) bond motifs is 1. The first-order valence-corrected chi connectivity index (χ1v) is 9.49. The Morgan fingerprint density at radius 3 is 2.64 bits per heavy atom. The highest BCUT2D eigenvalue weighted by molar-refractivity contribution is 7.86. The first-order chi connectivity index (χ1) is 11.8. The SMILES string of the molecule is CN(C)S(=O)(=O)N1CCOc2c(O)cc(-c3cccc(Cl)c3)cc2C1. The summed E-state index contributed by atoms with van der Waals surface area (Å²) in [6, 6.07) is 10.7. The van der Waals surface area contributed by atoms with Gasteiger partial charge in [-0.25, -0.2) is 0 Å². The van der Waals surface area contributed by atoms with Gasteiger partial charge in [0.15, 0.2) is 11.5 Å². The second-order valence-corrected chi connectivity index (χ2v) is 8.54. The lowest BCUT2D eigenvalue weighted by atomic mass is 10.0. The van der Waals surface area contributed by atoms with Crippen LogP contribution in [0.2, 0.25) is 5.02 Å². The Hall–Kier alpha value is -1.80. The zero-order valence-corrected chi connectivity index (χ0v) is 15.5. The van der Waals surface area contributed by atoms with Crippen molar-refractivity contribution < 1.29 is 18.3 Å². The van der Waals surface area contributed by atoms with E-state index in [0.29, 0.717) is 16.3 Å². The van der Waals surface area contributed by atoms with Crippen molar-refractivity contribution in [3.05, 3.63) is 47.0 Å². The van der Waals surface area contributed by atoms with Crippen LogP contribution in [0.5, 0.6) is 11.5 Å². The second kappa shape index (κ2) is 6.84. The van der Waals surface area contributed by atoms with Gasteiger partial charge in [-0.2, -0.15) is 17.0 Å². The van der Waals surface area contributed by atoms with Gasteiger partial charge >= 0.3 is 0 Å². The molecular formula is C17H19ClN2O4S. The highest BCUT2D eigenvalue weighted by Gasteiger charge is 2.29. The molecule has 2 aromatic carbocycles. The molecule has 0 saturated carbocycles. The Morgan fingerprint density at radius 1 is 1.20 bits per heavy atom. The van der Waals surface area contributed by atoms with Gasteiger partial charge in [-0.1, -0.05) is 23.7 Å². The number of benzene rings is 2. The Bertz CT molecular complexity index is 900. The van der Waals surface area contributed by atoms with Crippen LogP contribution in [0.25, 0.3) is 11.1 Å². The van der Waals surface area contributed by atoms with Crippen molar-refractivity contribution in [1.82, 2.24) is 8.61 Å². The van der Waals surface area contributed by atoms with Gasteiger partial charge in [-0.05, 0) is 35.4 Å². The third kappa shape index (κ3) is 3.59. The number of halogens is 1. The smallest absolute Gasteiger partial charge is 0.281 e. The van der Waals surface area contributed by atoms with E-state index < -0.39 is 10.2 Å². The van der Waals surface area contributed by atoms with Crippen LogP contribution in [0.1, 0.15) is 5.56 Å². The minimum atomic E-state index is -3.58. The number of hydrogen-bond acceptors (Lipinski definition) is 4. The van der Waals surface area contributed by atoms with E-state index in [1.54, 1.807) is 18.2 Å². The van der Waals surface area contributed by atoms with Gasteiger partial charge in [0.1, 0.15) is 6.61 Å². The number of rotatable bonds is 3. The predicted octanol–water partition coefficient (Wildman–Crippen LogP) is 2.71. The molecule has 134 valence electrons. The fraction of sp³-hybridized carbons (Fsp3) is 0.294. The van der Waals surface area contributed by atoms with Crippen LogP contribution in [0.4, 0.5) is 0 Å². The minimum absolute atomic E-state index is 0.0171. The highest BCUT2D eigenvalue weighted by atomic mass is 35.5. The van der Waals surface area contributed by atoms with Crippen molar-refractivity contribution in [2.75, 3.05) is 27.2 Å². The topological polar surface area (TPSA) is 70.1 Å². The first kappa shape index (κ1) is 18.0. The maximum atomic E-state index is 12.4. The van der Waals surface area contributed by atoms with E-state index >= 15 is 0 Å². The van der Waals surface area contributed by atoms with Crippen molar-refractivity contribution in [3.63, 3.8) is 0 Å².